The maximum absolute atomic E-state index is 10.9. The van der Waals surface area contributed by atoms with Crippen LogP contribution in [0.4, 0.5) is 4.79 Å². The van der Waals surface area contributed by atoms with Gasteiger partial charge in [-0.2, -0.15) is 5.06 Å². The standard InChI is InChI=1S/C11H21NO3/c1-10(2,3)11(12(15)9(13)14)7-5-4-6-8-11/h15H,4-8H2,1-3H3,(H,13,14). The van der Waals surface area contributed by atoms with Crippen LogP contribution in [-0.2, 0) is 0 Å². The third-order valence-electron chi connectivity index (χ3n) is 3.66. The number of nitrogens with zero attached hydrogens (tertiary/aromatic N) is 1. The Morgan fingerprint density at radius 3 is 2.00 bits per heavy atom. The highest BCUT2D eigenvalue weighted by atomic mass is 16.6. The number of carboxylic acid groups (broad SMARTS) is 1. The van der Waals surface area contributed by atoms with Crippen LogP contribution in [0.2, 0.25) is 0 Å². The Bertz CT molecular complexity index is 239. The predicted octanol–water partition coefficient (Wildman–Crippen LogP) is 3.10. The quantitative estimate of drug-likeness (QED) is 0.522. The van der Waals surface area contributed by atoms with Gasteiger partial charge in [0.2, 0.25) is 0 Å². The lowest BCUT2D eigenvalue weighted by atomic mass is 9.65. The van der Waals surface area contributed by atoms with E-state index in [9.17, 15) is 10.0 Å². The van der Waals surface area contributed by atoms with Crippen molar-refractivity contribution in [3.8, 4) is 0 Å². The molecule has 1 amide bonds. The first-order valence-electron chi connectivity index (χ1n) is 5.53. The van der Waals surface area contributed by atoms with Crippen molar-refractivity contribution in [2.45, 2.75) is 58.4 Å². The molecular weight excluding hydrogens is 194 g/mol. The maximum atomic E-state index is 10.9. The fourth-order valence-electron chi connectivity index (χ4n) is 2.60. The van der Waals surface area contributed by atoms with Crippen molar-refractivity contribution in [2.24, 2.45) is 5.41 Å². The van der Waals surface area contributed by atoms with Crippen molar-refractivity contribution >= 4 is 6.09 Å². The summed E-state index contributed by atoms with van der Waals surface area (Å²) in [6.07, 6.45) is 3.36. The molecule has 1 fully saturated rings. The number of hydroxylamine groups is 2. The van der Waals surface area contributed by atoms with E-state index in [1.807, 2.05) is 20.8 Å². The van der Waals surface area contributed by atoms with Gasteiger partial charge in [0.05, 0.1) is 5.54 Å². The van der Waals surface area contributed by atoms with Gasteiger partial charge in [0, 0.05) is 0 Å². The number of hydrogen-bond acceptors (Lipinski definition) is 2. The van der Waals surface area contributed by atoms with Gasteiger partial charge >= 0.3 is 6.09 Å². The van der Waals surface area contributed by atoms with E-state index >= 15 is 0 Å². The van der Waals surface area contributed by atoms with Crippen LogP contribution < -0.4 is 0 Å². The molecular formula is C11H21NO3. The number of carbonyl (C=O) groups is 1. The minimum atomic E-state index is -1.24. The van der Waals surface area contributed by atoms with E-state index in [-0.39, 0.29) is 5.41 Å². The first kappa shape index (κ1) is 12.3. The Labute approximate surface area is 90.8 Å². The van der Waals surface area contributed by atoms with E-state index in [0.29, 0.717) is 5.06 Å². The van der Waals surface area contributed by atoms with Crippen LogP contribution in [0.15, 0.2) is 0 Å². The molecule has 0 heterocycles. The second-order valence-electron chi connectivity index (χ2n) is 5.44. The highest BCUT2D eigenvalue weighted by Crippen LogP contribution is 2.45. The van der Waals surface area contributed by atoms with Gasteiger partial charge in [-0.05, 0) is 18.3 Å². The number of hydrogen-bond donors (Lipinski definition) is 2. The van der Waals surface area contributed by atoms with Gasteiger partial charge in [-0.3, -0.25) is 5.21 Å². The van der Waals surface area contributed by atoms with Crippen molar-refractivity contribution in [3.63, 3.8) is 0 Å². The van der Waals surface area contributed by atoms with Crippen LogP contribution in [0.1, 0.15) is 52.9 Å². The molecule has 0 spiro atoms. The second-order valence-corrected chi connectivity index (χ2v) is 5.44. The highest BCUT2D eigenvalue weighted by Gasteiger charge is 2.49. The van der Waals surface area contributed by atoms with Gasteiger partial charge in [0.25, 0.3) is 0 Å². The highest BCUT2D eigenvalue weighted by molar-refractivity contribution is 5.64. The lowest BCUT2D eigenvalue weighted by Gasteiger charge is -2.50. The van der Waals surface area contributed by atoms with Crippen LogP contribution >= 0.6 is 0 Å². The largest absolute Gasteiger partial charge is 0.463 e. The zero-order chi connectivity index (χ0) is 11.7. The summed E-state index contributed by atoms with van der Waals surface area (Å²) in [5, 5.41) is 19.3. The lowest BCUT2D eigenvalue weighted by molar-refractivity contribution is -0.190. The molecule has 0 radical (unpaired) electrons. The molecule has 0 aromatic rings. The van der Waals surface area contributed by atoms with Gasteiger partial charge < -0.3 is 5.11 Å². The van der Waals surface area contributed by atoms with Gasteiger partial charge in [-0.15, -0.1) is 0 Å². The summed E-state index contributed by atoms with van der Waals surface area (Å²) < 4.78 is 0. The summed E-state index contributed by atoms with van der Waals surface area (Å²) in [5.74, 6) is 0. The van der Waals surface area contributed by atoms with Crippen molar-refractivity contribution in [2.75, 3.05) is 0 Å². The summed E-state index contributed by atoms with van der Waals surface area (Å²) in [4.78, 5) is 10.9. The van der Waals surface area contributed by atoms with Gasteiger partial charge in [-0.25, -0.2) is 4.79 Å². The van der Waals surface area contributed by atoms with Crippen LogP contribution in [0.5, 0.6) is 0 Å². The molecule has 2 N–H and O–H groups in total. The molecule has 1 rings (SSSR count). The van der Waals surface area contributed by atoms with E-state index in [4.69, 9.17) is 5.11 Å². The molecule has 15 heavy (non-hydrogen) atoms. The molecule has 0 bridgehead atoms. The van der Waals surface area contributed by atoms with Gasteiger partial charge in [0.15, 0.2) is 0 Å². The fourth-order valence-corrected chi connectivity index (χ4v) is 2.60. The Balaban J connectivity index is 3.00. The molecule has 88 valence electrons. The summed E-state index contributed by atoms with van der Waals surface area (Å²) >= 11 is 0. The topological polar surface area (TPSA) is 60.8 Å². The van der Waals surface area contributed by atoms with Crippen LogP contribution in [-0.4, -0.2) is 27.0 Å². The van der Waals surface area contributed by atoms with Gasteiger partial charge in [0.1, 0.15) is 0 Å². The molecule has 4 heteroatoms. The lowest BCUT2D eigenvalue weighted by Crippen LogP contribution is -2.58. The van der Waals surface area contributed by atoms with Gasteiger partial charge in [-0.1, -0.05) is 40.0 Å². The number of amides is 1. The molecule has 1 saturated carbocycles. The van der Waals surface area contributed by atoms with Crippen molar-refractivity contribution in [1.82, 2.24) is 5.06 Å². The van der Waals surface area contributed by atoms with Crippen LogP contribution in [0.25, 0.3) is 0 Å². The average molecular weight is 215 g/mol. The SMILES string of the molecule is CC(C)(C)C1(N(O)C(=O)O)CCCCC1. The molecule has 0 aliphatic heterocycles. The maximum Gasteiger partial charge on any atom is 0.431 e. The van der Waals surface area contributed by atoms with E-state index in [0.717, 1.165) is 32.1 Å². The van der Waals surface area contributed by atoms with Crippen LogP contribution in [0.3, 0.4) is 0 Å². The van der Waals surface area contributed by atoms with Crippen molar-refractivity contribution < 1.29 is 15.1 Å². The molecule has 0 aromatic carbocycles. The third kappa shape index (κ3) is 2.09. The second kappa shape index (κ2) is 4.00. The Morgan fingerprint density at radius 2 is 1.67 bits per heavy atom. The average Bonchev–Trinajstić information content (AvgIpc) is 2.16. The molecule has 1 aliphatic carbocycles. The predicted molar refractivity (Wildman–Crippen MR) is 56.9 cm³/mol. The number of rotatable bonds is 1. The molecule has 0 aromatic heterocycles. The molecule has 4 nitrogen and oxygen atoms in total. The minimum Gasteiger partial charge on any atom is -0.463 e. The summed E-state index contributed by atoms with van der Waals surface area (Å²) in [5.41, 5.74) is -0.850. The molecule has 1 aliphatic rings. The Kier molecular flexibility index (Phi) is 3.28. The first-order chi connectivity index (χ1) is 6.81. The Hall–Kier alpha value is -0.770. The van der Waals surface area contributed by atoms with Crippen molar-refractivity contribution in [1.29, 1.82) is 0 Å². The smallest absolute Gasteiger partial charge is 0.431 e. The molecule has 0 saturated heterocycles. The third-order valence-corrected chi connectivity index (χ3v) is 3.66. The monoisotopic (exact) mass is 215 g/mol. The summed E-state index contributed by atoms with van der Waals surface area (Å²) in [6, 6.07) is 0. The summed E-state index contributed by atoms with van der Waals surface area (Å²) in [6.45, 7) is 5.97. The van der Waals surface area contributed by atoms with E-state index < -0.39 is 11.6 Å². The molecule has 0 unspecified atom stereocenters. The Morgan fingerprint density at radius 1 is 1.20 bits per heavy atom. The fraction of sp³-hybridized carbons (Fsp3) is 0.909. The van der Waals surface area contributed by atoms with Crippen LogP contribution in [0, 0.1) is 5.41 Å². The van der Waals surface area contributed by atoms with E-state index in [2.05, 4.69) is 0 Å². The van der Waals surface area contributed by atoms with E-state index in [1.165, 1.54) is 0 Å². The van der Waals surface area contributed by atoms with Crippen molar-refractivity contribution in [3.05, 3.63) is 0 Å². The van der Waals surface area contributed by atoms with E-state index in [1.54, 1.807) is 0 Å². The summed E-state index contributed by atoms with van der Waals surface area (Å²) in [7, 11) is 0. The first-order valence-corrected chi connectivity index (χ1v) is 5.53. The normalized spacial score (nSPS) is 21.1. The zero-order valence-electron chi connectivity index (χ0n) is 9.79. The minimum absolute atomic E-state index is 0.236. The molecule has 0 atom stereocenters. The zero-order valence-corrected chi connectivity index (χ0v) is 9.79.